The van der Waals surface area contributed by atoms with Crippen LogP contribution in [0.25, 0.3) is 10.9 Å². The van der Waals surface area contributed by atoms with E-state index in [1.807, 2.05) is 24.3 Å². The van der Waals surface area contributed by atoms with Crippen LogP contribution in [-0.4, -0.2) is 33.0 Å². The fourth-order valence-corrected chi connectivity index (χ4v) is 2.62. The van der Waals surface area contributed by atoms with E-state index in [0.717, 1.165) is 16.5 Å². The first-order valence-corrected chi connectivity index (χ1v) is 7.35. The summed E-state index contributed by atoms with van der Waals surface area (Å²) in [6, 6.07) is 8.01. The lowest BCUT2D eigenvalue weighted by molar-refractivity contribution is -0.139. The fourth-order valence-electron chi connectivity index (χ4n) is 2.46. The number of carboxylic acid groups (broad SMARTS) is 1. The number of para-hydroxylation sites is 1. The normalized spacial score (nSPS) is 12.2. The number of amides is 1. The molecule has 7 heteroatoms. The highest BCUT2D eigenvalue weighted by atomic mass is 35.5. The number of aromatic amines is 2. The second-order valence-corrected chi connectivity index (χ2v) is 5.60. The van der Waals surface area contributed by atoms with Crippen LogP contribution in [0, 0.1) is 0 Å². The highest BCUT2D eigenvalue weighted by molar-refractivity contribution is 6.31. The number of carboxylic acids is 1. The summed E-state index contributed by atoms with van der Waals surface area (Å²) in [5.74, 6) is -1.61. The summed E-state index contributed by atoms with van der Waals surface area (Å²) in [5, 5.41) is 13.2. The van der Waals surface area contributed by atoms with E-state index in [-0.39, 0.29) is 12.1 Å². The lowest BCUT2D eigenvalue weighted by atomic mass is 10.0. The van der Waals surface area contributed by atoms with Crippen molar-refractivity contribution in [2.75, 3.05) is 0 Å². The molecule has 0 aliphatic rings. The standard InChI is InChI=1S/C16H14ClN3O3/c17-10-6-13(19-8-10)15(21)20-14(16(22)23)5-9-7-18-12-4-2-1-3-11(9)12/h1-4,6-8,14,18-19H,5H2,(H,20,21)(H,22,23). The zero-order chi connectivity index (χ0) is 16.4. The molecule has 23 heavy (non-hydrogen) atoms. The molecular formula is C16H14ClN3O3. The van der Waals surface area contributed by atoms with Crippen LogP contribution < -0.4 is 5.32 Å². The molecule has 2 aromatic heterocycles. The van der Waals surface area contributed by atoms with E-state index in [4.69, 9.17) is 11.6 Å². The number of benzene rings is 1. The van der Waals surface area contributed by atoms with Gasteiger partial charge in [-0.3, -0.25) is 4.79 Å². The Morgan fingerprint density at radius 3 is 2.70 bits per heavy atom. The number of fused-ring (bicyclic) bond motifs is 1. The molecular weight excluding hydrogens is 318 g/mol. The molecule has 118 valence electrons. The summed E-state index contributed by atoms with van der Waals surface area (Å²) >= 11 is 5.75. The number of halogens is 1. The Bertz CT molecular complexity index is 868. The molecule has 1 atom stereocenters. The molecule has 0 bridgehead atoms. The van der Waals surface area contributed by atoms with Crippen LogP contribution in [0.1, 0.15) is 16.1 Å². The quantitative estimate of drug-likeness (QED) is 0.578. The Kier molecular flexibility index (Phi) is 4.08. The largest absolute Gasteiger partial charge is 0.480 e. The van der Waals surface area contributed by atoms with Gasteiger partial charge in [0.25, 0.3) is 5.91 Å². The summed E-state index contributed by atoms with van der Waals surface area (Å²) in [4.78, 5) is 29.4. The molecule has 0 aliphatic carbocycles. The summed E-state index contributed by atoms with van der Waals surface area (Å²) in [6.07, 6.45) is 3.41. The number of hydrogen-bond acceptors (Lipinski definition) is 2. The van der Waals surface area contributed by atoms with E-state index < -0.39 is 17.9 Å². The van der Waals surface area contributed by atoms with E-state index in [2.05, 4.69) is 15.3 Å². The Morgan fingerprint density at radius 1 is 1.22 bits per heavy atom. The minimum atomic E-state index is -1.10. The lowest BCUT2D eigenvalue weighted by Gasteiger charge is -2.13. The molecule has 0 aliphatic heterocycles. The number of carbonyl (C=O) groups is 2. The van der Waals surface area contributed by atoms with Crippen molar-refractivity contribution in [2.45, 2.75) is 12.5 Å². The third-order valence-corrected chi connectivity index (χ3v) is 3.81. The summed E-state index contributed by atoms with van der Waals surface area (Å²) in [6.45, 7) is 0. The van der Waals surface area contributed by atoms with Gasteiger partial charge in [0.1, 0.15) is 11.7 Å². The molecule has 1 amide bonds. The molecule has 0 radical (unpaired) electrons. The van der Waals surface area contributed by atoms with E-state index in [9.17, 15) is 14.7 Å². The second kappa shape index (κ2) is 6.18. The van der Waals surface area contributed by atoms with Crippen molar-refractivity contribution in [3.8, 4) is 0 Å². The molecule has 2 heterocycles. The van der Waals surface area contributed by atoms with Crippen molar-refractivity contribution in [1.82, 2.24) is 15.3 Å². The van der Waals surface area contributed by atoms with Crippen molar-refractivity contribution in [1.29, 1.82) is 0 Å². The van der Waals surface area contributed by atoms with Gasteiger partial charge in [-0.1, -0.05) is 29.8 Å². The van der Waals surface area contributed by atoms with Gasteiger partial charge < -0.3 is 20.4 Å². The predicted molar refractivity (Wildman–Crippen MR) is 86.7 cm³/mol. The zero-order valence-corrected chi connectivity index (χ0v) is 12.7. The van der Waals surface area contributed by atoms with Gasteiger partial charge in [0.2, 0.25) is 0 Å². The number of aliphatic carboxylic acids is 1. The predicted octanol–water partition coefficient (Wildman–Crippen LogP) is 2.58. The van der Waals surface area contributed by atoms with Gasteiger partial charge in [-0.2, -0.15) is 0 Å². The van der Waals surface area contributed by atoms with Crippen LogP contribution in [0.5, 0.6) is 0 Å². The minimum Gasteiger partial charge on any atom is -0.480 e. The average Bonchev–Trinajstić information content (AvgIpc) is 3.13. The van der Waals surface area contributed by atoms with Crippen molar-refractivity contribution >= 4 is 34.4 Å². The summed E-state index contributed by atoms with van der Waals surface area (Å²) < 4.78 is 0. The molecule has 0 saturated heterocycles. The summed E-state index contributed by atoms with van der Waals surface area (Å²) in [7, 11) is 0. The number of nitrogens with one attached hydrogen (secondary N) is 3. The number of hydrogen-bond donors (Lipinski definition) is 4. The number of rotatable bonds is 5. The molecule has 0 fully saturated rings. The van der Waals surface area contributed by atoms with Gasteiger partial charge in [0.15, 0.2) is 0 Å². The summed E-state index contributed by atoms with van der Waals surface area (Å²) in [5.41, 5.74) is 1.98. The zero-order valence-electron chi connectivity index (χ0n) is 12.0. The van der Waals surface area contributed by atoms with Crippen LogP contribution >= 0.6 is 11.6 Å². The minimum absolute atomic E-state index is 0.180. The van der Waals surface area contributed by atoms with Crippen molar-refractivity contribution in [2.24, 2.45) is 0 Å². The van der Waals surface area contributed by atoms with Gasteiger partial charge in [-0.15, -0.1) is 0 Å². The molecule has 3 rings (SSSR count). The Hall–Kier alpha value is -2.73. The van der Waals surface area contributed by atoms with Crippen LogP contribution in [0.4, 0.5) is 0 Å². The Balaban J connectivity index is 1.79. The molecule has 4 N–H and O–H groups in total. The highest BCUT2D eigenvalue weighted by Crippen LogP contribution is 2.19. The van der Waals surface area contributed by atoms with E-state index >= 15 is 0 Å². The maximum atomic E-state index is 12.1. The van der Waals surface area contributed by atoms with E-state index in [0.29, 0.717) is 5.02 Å². The van der Waals surface area contributed by atoms with Gasteiger partial charge in [-0.25, -0.2) is 4.79 Å². The van der Waals surface area contributed by atoms with Crippen LogP contribution in [0.3, 0.4) is 0 Å². The van der Waals surface area contributed by atoms with Crippen LogP contribution in [0.15, 0.2) is 42.7 Å². The SMILES string of the molecule is O=C(NC(Cc1c[nH]c2ccccc12)C(=O)O)c1cc(Cl)c[nH]1. The maximum Gasteiger partial charge on any atom is 0.326 e. The maximum absolute atomic E-state index is 12.1. The second-order valence-electron chi connectivity index (χ2n) is 5.16. The van der Waals surface area contributed by atoms with Crippen molar-refractivity contribution in [3.05, 3.63) is 59.0 Å². The smallest absolute Gasteiger partial charge is 0.326 e. The number of H-pyrrole nitrogens is 2. The topological polar surface area (TPSA) is 98.0 Å². The lowest BCUT2D eigenvalue weighted by Crippen LogP contribution is -2.42. The molecule has 1 aromatic carbocycles. The average molecular weight is 332 g/mol. The van der Waals surface area contributed by atoms with Gasteiger partial charge in [0.05, 0.1) is 5.02 Å². The van der Waals surface area contributed by atoms with Gasteiger partial charge >= 0.3 is 5.97 Å². The Morgan fingerprint density at radius 2 is 2.00 bits per heavy atom. The van der Waals surface area contributed by atoms with Crippen molar-refractivity contribution < 1.29 is 14.7 Å². The van der Waals surface area contributed by atoms with E-state index in [1.54, 1.807) is 6.20 Å². The van der Waals surface area contributed by atoms with Gasteiger partial charge in [-0.05, 0) is 17.7 Å². The third-order valence-electron chi connectivity index (χ3n) is 3.59. The molecule has 0 spiro atoms. The fraction of sp³-hybridized carbons (Fsp3) is 0.125. The Labute approximate surface area is 136 Å². The highest BCUT2D eigenvalue weighted by Gasteiger charge is 2.23. The monoisotopic (exact) mass is 331 g/mol. The molecule has 3 aromatic rings. The van der Waals surface area contributed by atoms with E-state index in [1.165, 1.54) is 12.3 Å². The first-order valence-electron chi connectivity index (χ1n) is 6.97. The molecule has 0 saturated carbocycles. The van der Waals surface area contributed by atoms with Gasteiger partial charge in [0, 0.05) is 29.7 Å². The third kappa shape index (κ3) is 3.22. The number of aromatic nitrogens is 2. The van der Waals surface area contributed by atoms with Crippen molar-refractivity contribution in [3.63, 3.8) is 0 Å². The van der Waals surface area contributed by atoms with Crippen LogP contribution in [-0.2, 0) is 11.2 Å². The number of carbonyl (C=O) groups excluding carboxylic acids is 1. The molecule has 1 unspecified atom stereocenters. The first kappa shape index (κ1) is 15.2. The first-order chi connectivity index (χ1) is 11.0. The van der Waals surface area contributed by atoms with Crippen LogP contribution in [0.2, 0.25) is 5.02 Å². The molecule has 6 nitrogen and oxygen atoms in total.